The molecule has 0 aromatic carbocycles. The molecule has 3 rings (SSSR count). The van der Waals surface area contributed by atoms with Crippen molar-refractivity contribution in [2.24, 2.45) is 11.8 Å². The van der Waals surface area contributed by atoms with E-state index in [1.165, 1.54) is 19.3 Å². The third-order valence-electron chi connectivity index (χ3n) is 4.69. The SMILES string of the molecule is O=C(CCN1CCOCC1)OC1CC2CCC1C2. The van der Waals surface area contributed by atoms with E-state index in [0.717, 1.165) is 45.2 Å². The molecule has 102 valence electrons. The smallest absolute Gasteiger partial charge is 0.307 e. The highest BCUT2D eigenvalue weighted by Crippen LogP contribution is 2.45. The summed E-state index contributed by atoms with van der Waals surface area (Å²) in [6.45, 7) is 4.30. The van der Waals surface area contributed by atoms with Crippen LogP contribution in [0.15, 0.2) is 0 Å². The van der Waals surface area contributed by atoms with Crippen molar-refractivity contribution < 1.29 is 14.3 Å². The molecule has 3 unspecified atom stereocenters. The van der Waals surface area contributed by atoms with Gasteiger partial charge >= 0.3 is 5.97 Å². The number of nitrogens with zero attached hydrogens (tertiary/aromatic N) is 1. The number of morpholine rings is 1. The highest BCUT2D eigenvalue weighted by atomic mass is 16.5. The molecule has 1 aliphatic heterocycles. The fraction of sp³-hybridized carbons (Fsp3) is 0.929. The molecule has 3 atom stereocenters. The van der Waals surface area contributed by atoms with Crippen LogP contribution in [0.5, 0.6) is 0 Å². The molecule has 0 aromatic rings. The summed E-state index contributed by atoms with van der Waals surface area (Å²) >= 11 is 0. The Morgan fingerprint density at radius 2 is 2.06 bits per heavy atom. The molecule has 18 heavy (non-hydrogen) atoms. The molecule has 0 spiro atoms. The minimum Gasteiger partial charge on any atom is -0.462 e. The zero-order chi connectivity index (χ0) is 12.4. The normalized spacial score (nSPS) is 35.9. The van der Waals surface area contributed by atoms with E-state index in [1.807, 2.05) is 0 Å². The minimum absolute atomic E-state index is 0.000887. The van der Waals surface area contributed by atoms with Crippen LogP contribution in [0.2, 0.25) is 0 Å². The molecule has 0 amide bonds. The van der Waals surface area contributed by atoms with Crippen molar-refractivity contribution in [1.29, 1.82) is 0 Å². The van der Waals surface area contributed by atoms with Crippen LogP contribution in [-0.2, 0) is 14.3 Å². The zero-order valence-corrected chi connectivity index (χ0v) is 11.0. The van der Waals surface area contributed by atoms with Gasteiger partial charge < -0.3 is 9.47 Å². The van der Waals surface area contributed by atoms with Gasteiger partial charge in [-0.25, -0.2) is 0 Å². The second kappa shape index (κ2) is 5.57. The monoisotopic (exact) mass is 253 g/mol. The van der Waals surface area contributed by atoms with Crippen LogP contribution in [0, 0.1) is 11.8 Å². The summed E-state index contributed by atoms with van der Waals surface area (Å²) in [5.41, 5.74) is 0. The summed E-state index contributed by atoms with van der Waals surface area (Å²) in [5.74, 6) is 1.51. The lowest BCUT2D eigenvalue weighted by molar-refractivity contribution is -0.152. The molecule has 4 nitrogen and oxygen atoms in total. The number of rotatable bonds is 4. The number of hydrogen-bond donors (Lipinski definition) is 0. The first kappa shape index (κ1) is 12.4. The fourth-order valence-corrected chi connectivity index (χ4v) is 3.63. The third kappa shape index (κ3) is 2.86. The van der Waals surface area contributed by atoms with Crippen LogP contribution in [0.25, 0.3) is 0 Å². The van der Waals surface area contributed by atoms with Crippen molar-refractivity contribution in [3.63, 3.8) is 0 Å². The summed E-state index contributed by atoms with van der Waals surface area (Å²) in [4.78, 5) is 14.1. The Labute approximate surface area is 109 Å². The molecule has 2 saturated carbocycles. The molecule has 1 heterocycles. The topological polar surface area (TPSA) is 38.8 Å². The third-order valence-corrected chi connectivity index (χ3v) is 4.69. The van der Waals surface area contributed by atoms with Gasteiger partial charge in [0, 0.05) is 19.6 Å². The molecule has 0 radical (unpaired) electrons. The van der Waals surface area contributed by atoms with E-state index in [9.17, 15) is 4.79 Å². The number of hydrogen-bond acceptors (Lipinski definition) is 4. The van der Waals surface area contributed by atoms with E-state index in [2.05, 4.69) is 4.90 Å². The zero-order valence-electron chi connectivity index (χ0n) is 11.0. The molecule has 0 aromatic heterocycles. The van der Waals surface area contributed by atoms with Gasteiger partial charge in [-0.1, -0.05) is 0 Å². The Balaban J connectivity index is 1.36. The quantitative estimate of drug-likeness (QED) is 0.711. The lowest BCUT2D eigenvalue weighted by atomic mass is 9.98. The first-order chi connectivity index (χ1) is 8.81. The van der Waals surface area contributed by atoms with Crippen LogP contribution in [-0.4, -0.2) is 49.8 Å². The molecule has 2 bridgehead atoms. The molecule has 3 fully saturated rings. The van der Waals surface area contributed by atoms with Gasteiger partial charge in [0.05, 0.1) is 19.6 Å². The number of carbonyl (C=O) groups is 1. The van der Waals surface area contributed by atoms with Gasteiger partial charge in [-0.05, 0) is 37.5 Å². The summed E-state index contributed by atoms with van der Waals surface area (Å²) < 4.78 is 10.9. The lowest BCUT2D eigenvalue weighted by Gasteiger charge is -2.27. The van der Waals surface area contributed by atoms with E-state index in [-0.39, 0.29) is 12.1 Å². The summed E-state index contributed by atoms with van der Waals surface area (Å²) in [6.07, 6.45) is 5.81. The van der Waals surface area contributed by atoms with E-state index in [0.29, 0.717) is 12.3 Å². The van der Waals surface area contributed by atoms with Gasteiger partial charge in [0.2, 0.25) is 0 Å². The van der Waals surface area contributed by atoms with Crippen molar-refractivity contribution >= 4 is 5.97 Å². The number of esters is 1. The highest BCUT2D eigenvalue weighted by molar-refractivity contribution is 5.69. The molecule has 4 heteroatoms. The average Bonchev–Trinajstić information content (AvgIpc) is 3.00. The van der Waals surface area contributed by atoms with Gasteiger partial charge in [-0.3, -0.25) is 9.69 Å². The predicted octanol–water partition coefficient (Wildman–Crippen LogP) is 1.44. The van der Waals surface area contributed by atoms with Crippen molar-refractivity contribution in [3.8, 4) is 0 Å². The Morgan fingerprint density at radius 1 is 1.22 bits per heavy atom. The molecule has 1 saturated heterocycles. The summed E-state index contributed by atoms with van der Waals surface area (Å²) in [5, 5.41) is 0. The second-order valence-electron chi connectivity index (χ2n) is 5.91. The van der Waals surface area contributed by atoms with Gasteiger partial charge in [0.1, 0.15) is 6.10 Å². The maximum absolute atomic E-state index is 11.8. The van der Waals surface area contributed by atoms with Crippen molar-refractivity contribution in [1.82, 2.24) is 4.90 Å². The van der Waals surface area contributed by atoms with Crippen LogP contribution in [0.1, 0.15) is 32.1 Å². The maximum Gasteiger partial charge on any atom is 0.307 e. The van der Waals surface area contributed by atoms with Gasteiger partial charge in [-0.2, -0.15) is 0 Å². The van der Waals surface area contributed by atoms with Gasteiger partial charge in [-0.15, -0.1) is 0 Å². The van der Waals surface area contributed by atoms with Crippen LogP contribution < -0.4 is 0 Å². The minimum atomic E-state index is -0.000887. The Hall–Kier alpha value is -0.610. The van der Waals surface area contributed by atoms with Crippen LogP contribution in [0.4, 0.5) is 0 Å². The highest BCUT2D eigenvalue weighted by Gasteiger charge is 2.41. The molecule has 2 aliphatic carbocycles. The summed E-state index contributed by atoms with van der Waals surface area (Å²) in [7, 11) is 0. The Bertz CT molecular complexity index is 301. The first-order valence-electron chi connectivity index (χ1n) is 7.31. The summed E-state index contributed by atoms with van der Waals surface area (Å²) in [6, 6.07) is 0. The lowest BCUT2D eigenvalue weighted by Crippen LogP contribution is -2.38. The number of fused-ring (bicyclic) bond motifs is 2. The molecular weight excluding hydrogens is 230 g/mol. The number of carbonyl (C=O) groups excluding carboxylic acids is 1. The van der Waals surface area contributed by atoms with Crippen LogP contribution in [0.3, 0.4) is 0 Å². The van der Waals surface area contributed by atoms with Gasteiger partial charge in [0.25, 0.3) is 0 Å². The average molecular weight is 253 g/mol. The second-order valence-corrected chi connectivity index (χ2v) is 5.91. The van der Waals surface area contributed by atoms with Gasteiger partial charge in [0.15, 0.2) is 0 Å². The maximum atomic E-state index is 11.8. The van der Waals surface area contributed by atoms with E-state index < -0.39 is 0 Å². The standard InChI is InChI=1S/C14H23NO3/c16-14(3-4-15-5-7-17-8-6-15)18-13-10-11-1-2-12(13)9-11/h11-13H,1-10H2. The molecular formula is C14H23NO3. The van der Waals surface area contributed by atoms with E-state index >= 15 is 0 Å². The Kier molecular flexibility index (Phi) is 3.85. The first-order valence-corrected chi connectivity index (χ1v) is 7.31. The van der Waals surface area contributed by atoms with Crippen LogP contribution >= 0.6 is 0 Å². The number of ether oxygens (including phenoxy) is 2. The van der Waals surface area contributed by atoms with E-state index in [4.69, 9.17) is 9.47 Å². The molecule has 0 N–H and O–H groups in total. The predicted molar refractivity (Wildman–Crippen MR) is 67.2 cm³/mol. The molecule has 3 aliphatic rings. The van der Waals surface area contributed by atoms with Crippen molar-refractivity contribution in [2.45, 2.75) is 38.2 Å². The Morgan fingerprint density at radius 3 is 2.72 bits per heavy atom. The van der Waals surface area contributed by atoms with E-state index in [1.54, 1.807) is 0 Å². The van der Waals surface area contributed by atoms with Crippen molar-refractivity contribution in [3.05, 3.63) is 0 Å². The fourth-order valence-electron chi connectivity index (χ4n) is 3.63. The largest absolute Gasteiger partial charge is 0.462 e. The van der Waals surface area contributed by atoms with Crippen molar-refractivity contribution in [2.75, 3.05) is 32.8 Å².